The van der Waals surface area contributed by atoms with E-state index in [0.29, 0.717) is 19.3 Å². The van der Waals surface area contributed by atoms with Gasteiger partial charge in [-0.25, -0.2) is 0 Å². The predicted molar refractivity (Wildman–Crippen MR) is 67.5 cm³/mol. The van der Waals surface area contributed by atoms with Gasteiger partial charge >= 0.3 is 0 Å². The molecule has 1 aliphatic carbocycles. The Kier molecular flexibility index (Phi) is 5.31. The second-order valence-corrected chi connectivity index (χ2v) is 5.44. The fourth-order valence-corrected chi connectivity index (χ4v) is 2.37. The predicted octanol–water partition coefficient (Wildman–Crippen LogP) is 0.762. The molecule has 102 valence electrons. The van der Waals surface area contributed by atoms with Gasteiger partial charge in [-0.15, -0.1) is 0 Å². The molecule has 1 aliphatic rings. The zero-order chi connectivity index (χ0) is 13.7. The quantitative estimate of drug-likeness (QED) is 0.759. The first-order chi connectivity index (χ1) is 8.40. The lowest BCUT2D eigenvalue weighted by Crippen LogP contribution is -2.50. The number of carbonyl (C=O) groups excluding carboxylic acids is 3. The summed E-state index contributed by atoms with van der Waals surface area (Å²) in [7, 11) is 0. The standard InChI is InChI=1S/C13H22N2O3/c1-8(2)6-11(17)15-12(13(14)18)9-4-3-5-10(16)7-9/h8-9,12H,3-7H2,1-2H3,(H2,14,18)(H,15,17)/t9-,12+/m0/s1. The molecule has 3 N–H and O–H groups in total. The maximum atomic E-state index is 11.7. The zero-order valence-electron chi connectivity index (χ0n) is 11.1. The first-order valence-corrected chi connectivity index (χ1v) is 6.50. The Morgan fingerprint density at radius 3 is 2.61 bits per heavy atom. The van der Waals surface area contributed by atoms with Gasteiger partial charge in [-0.05, 0) is 24.7 Å². The van der Waals surface area contributed by atoms with Crippen LogP contribution in [0.1, 0.15) is 46.0 Å². The summed E-state index contributed by atoms with van der Waals surface area (Å²) in [5.41, 5.74) is 5.33. The number of primary amides is 1. The number of carbonyl (C=O) groups is 3. The minimum Gasteiger partial charge on any atom is -0.368 e. The molecular weight excluding hydrogens is 232 g/mol. The van der Waals surface area contributed by atoms with Crippen LogP contribution in [0.4, 0.5) is 0 Å². The maximum Gasteiger partial charge on any atom is 0.240 e. The summed E-state index contributed by atoms with van der Waals surface area (Å²) >= 11 is 0. The Hall–Kier alpha value is -1.39. The van der Waals surface area contributed by atoms with Crippen molar-refractivity contribution >= 4 is 17.6 Å². The molecule has 0 aromatic carbocycles. The van der Waals surface area contributed by atoms with Crippen molar-refractivity contribution in [2.45, 2.75) is 52.0 Å². The van der Waals surface area contributed by atoms with Crippen molar-refractivity contribution in [2.24, 2.45) is 17.6 Å². The molecule has 18 heavy (non-hydrogen) atoms. The molecule has 5 nitrogen and oxygen atoms in total. The fourth-order valence-electron chi connectivity index (χ4n) is 2.37. The van der Waals surface area contributed by atoms with Crippen molar-refractivity contribution in [2.75, 3.05) is 0 Å². The van der Waals surface area contributed by atoms with Crippen LogP contribution in [-0.2, 0) is 14.4 Å². The molecule has 1 rings (SSSR count). The molecule has 0 aromatic rings. The third kappa shape index (κ3) is 4.47. The molecule has 0 aliphatic heterocycles. The van der Waals surface area contributed by atoms with Crippen LogP contribution in [0.15, 0.2) is 0 Å². The van der Waals surface area contributed by atoms with Gasteiger partial charge in [-0.1, -0.05) is 13.8 Å². The van der Waals surface area contributed by atoms with E-state index in [1.165, 1.54) is 0 Å². The SMILES string of the molecule is CC(C)CC(=O)N[C@@H](C(N)=O)[C@H]1CCCC(=O)C1. The highest BCUT2D eigenvalue weighted by atomic mass is 16.2. The van der Waals surface area contributed by atoms with Gasteiger partial charge in [0.2, 0.25) is 11.8 Å². The number of rotatable bonds is 5. The first kappa shape index (κ1) is 14.7. The topological polar surface area (TPSA) is 89.3 Å². The molecule has 0 bridgehead atoms. The van der Waals surface area contributed by atoms with Crippen LogP contribution >= 0.6 is 0 Å². The van der Waals surface area contributed by atoms with Gasteiger partial charge in [-0.2, -0.15) is 0 Å². The molecule has 1 fully saturated rings. The minimum atomic E-state index is -0.708. The van der Waals surface area contributed by atoms with Crippen molar-refractivity contribution in [1.29, 1.82) is 0 Å². The second kappa shape index (κ2) is 6.52. The largest absolute Gasteiger partial charge is 0.368 e. The Balaban J connectivity index is 2.62. The highest BCUT2D eigenvalue weighted by Gasteiger charge is 2.31. The summed E-state index contributed by atoms with van der Waals surface area (Å²) < 4.78 is 0. The number of hydrogen-bond donors (Lipinski definition) is 2. The Morgan fingerprint density at radius 2 is 2.11 bits per heavy atom. The van der Waals surface area contributed by atoms with Gasteiger partial charge in [0.25, 0.3) is 0 Å². The summed E-state index contributed by atoms with van der Waals surface area (Å²) in [4.78, 5) is 34.5. The highest BCUT2D eigenvalue weighted by molar-refractivity contribution is 5.88. The van der Waals surface area contributed by atoms with Gasteiger partial charge in [0.1, 0.15) is 11.8 Å². The Morgan fingerprint density at radius 1 is 1.44 bits per heavy atom. The number of nitrogens with two attached hydrogens (primary N) is 1. The molecule has 0 aromatic heterocycles. The molecular formula is C13H22N2O3. The maximum absolute atomic E-state index is 11.7. The van der Waals surface area contributed by atoms with Crippen molar-refractivity contribution in [3.63, 3.8) is 0 Å². The molecule has 5 heteroatoms. The van der Waals surface area contributed by atoms with Crippen LogP contribution in [0.25, 0.3) is 0 Å². The fraction of sp³-hybridized carbons (Fsp3) is 0.769. The van der Waals surface area contributed by atoms with E-state index in [-0.39, 0.29) is 23.5 Å². The summed E-state index contributed by atoms with van der Waals surface area (Å²) in [6.07, 6.45) is 2.82. The van der Waals surface area contributed by atoms with Gasteiger partial charge in [0.05, 0.1) is 0 Å². The van der Waals surface area contributed by atoms with E-state index in [4.69, 9.17) is 5.73 Å². The number of ketones is 1. The van der Waals surface area contributed by atoms with Gasteiger partial charge in [0, 0.05) is 19.3 Å². The van der Waals surface area contributed by atoms with Crippen LogP contribution in [-0.4, -0.2) is 23.6 Å². The number of hydrogen-bond acceptors (Lipinski definition) is 3. The van der Waals surface area contributed by atoms with Crippen molar-refractivity contribution < 1.29 is 14.4 Å². The normalized spacial score (nSPS) is 21.7. The molecule has 0 radical (unpaired) electrons. The molecule has 2 atom stereocenters. The summed E-state index contributed by atoms with van der Waals surface area (Å²) in [6, 6.07) is -0.708. The summed E-state index contributed by atoms with van der Waals surface area (Å²) in [5, 5.41) is 2.67. The minimum absolute atomic E-state index is 0.139. The van der Waals surface area contributed by atoms with Gasteiger partial charge in [0.15, 0.2) is 0 Å². The smallest absolute Gasteiger partial charge is 0.240 e. The van der Waals surface area contributed by atoms with Crippen molar-refractivity contribution in [3.8, 4) is 0 Å². The first-order valence-electron chi connectivity index (χ1n) is 6.50. The number of amides is 2. The van der Waals surface area contributed by atoms with Gasteiger partial charge < -0.3 is 11.1 Å². The van der Waals surface area contributed by atoms with E-state index in [0.717, 1.165) is 12.8 Å². The molecule has 1 saturated carbocycles. The zero-order valence-corrected chi connectivity index (χ0v) is 11.1. The molecule has 2 amide bonds. The third-order valence-corrected chi connectivity index (χ3v) is 3.21. The van der Waals surface area contributed by atoms with Crippen molar-refractivity contribution in [3.05, 3.63) is 0 Å². The monoisotopic (exact) mass is 254 g/mol. The lowest BCUT2D eigenvalue weighted by molar-refractivity contribution is -0.130. The number of Topliss-reactive ketones (excluding diaryl/α,β-unsaturated/α-hetero) is 1. The lowest BCUT2D eigenvalue weighted by atomic mass is 9.82. The highest BCUT2D eigenvalue weighted by Crippen LogP contribution is 2.24. The van der Waals surface area contributed by atoms with E-state index in [1.807, 2.05) is 13.8 Å². The average molecular weight is 254 g/mol. The van der Waals surface area contributed by atoms with E-state index in [9.17, 15) is 14.4 Å². The lowest BCUT2D eigenvalue weighted by Gasteiger charge is -2.28. The Labute approximate surface area is 107 Å². The summed E-state index contributed by atoms with van der Waals surface area (Å²) in [5.74, 6) is -0.486. The Bertz CT molecular complexity index is 339. The molecule has 0 saturated heterocycles. The average Bonchev–Trinajstić information content (AvgIpc) is 2.24. The number of nitrogens with one attached hydrogen (secondary N) is 1. The molecule has 0 heterocycles. The van der Waals surface area contributed by atoms with E-state index >= 15 is 0 Å². The van der Waals surface area contributed by atoms with Crippen LogP contribution in [0, 0.1) is 11.8 Å². The summed E-state index contributed by atoms with van der Waals surface area (Å²) in [6.45, 7) is 3.87. The van der Waals surface area contributed by atoms with Gasteiger partial charge in [-0.3, -0.25) is 14.4 Å². The van der Waals surface area contributed by atoms with Crippen LogP contribution in [0.3, 0.4) is 0 Å². The second-order valence-electron chi connectivity index (χ2n) is 5.44. The third-order valence-electron chi connectivity index (χ3n) is 3.21. The van der Waals surface area contributed by atoms with E-state index in [1.54, 1.807) is 0 Å². The van der Waals surface area contributed by atoms with E-state index in [2.05, 4.69) is 5.32 Å². The van der Waals surface area contributed by atoms with Crippen molar-refractivity contribution in [1.82, 2.24) is 5.32 Å². The van der Waals surface area contributed by atoms with Crippen LogP contribution < -0.4 is 11.1 Å². The van der Waals surface area contributed by atoms with Crippen LogP contribution in [0.5, 0.6) is 0 Å². The molecule has 0 unspecified atom stereocenters. The van der Waals surface area contributed by atoms with Crippen LogP contribution in [0.2, 0.25) is 0 Å². The molecule has 0 spiro atoms. The van der Waals surface area contributed by atoms with E-state index < -0.39 is 11.9 Å².